The van der Waals surface area contributed by atoms with Crippen LogP contribution in [0.5, 0.6) is 0 Å². The number of aromatic nitrogens is 2. The fourth-order valence-corrected chi connectivity index (χ4v) is 1.33. The average molecular weight is 327 g/mol. The molecule has 0 spiro atoms. The van der Waals surface area contributed by atoms with E-state index in [0.29, 0.717) is 15.5 Å². The van der Waals surface area contributed by atoms with E-state index >= 15 is 0 Å². The normalized spacial score (nSPS) is 8.82. The first-order valence-corrected chi connectivity index (χ1v) is 4.72. The molecule has 0 amide bonds. The number of nitrogens with zero attached hydrogens (tertiary/aromatic N) is 1. The van der Waals surface area contributed by atoms with E-state index in [4.69, 9.17) is 14.7 Å². The Balaban J connectivity index is 0.000000373. The molecule has 17 heavy (non-hydrogen) atoms. The van der Waals surface area contributed by atoms with Crippen molar-refractivity contribution in [2.24, 2.45) is 0 Å². The van der Waals surface area contributed by atoms with Crippen molar-refractivity contribution >= 4 is 39.1 Å². The summed E-state index contributed by atoms with van der Waals surface area (Å²) in [6.45, 7) is 0. The Morgan fingerprint density at radius 1 is 1.65 bits per heavy atom. The molecule has 8 heteroatoms. The number of aromatic amines is 1. The van der Waals surface area contributed by atoms with E-state index in [9.17, 15) is 4.39 Å². The number of H-pyrrole nitrogens is 1. The zero-order valence-corrected chi connectivity index (χ0v) is 13.4. The van der Waals surface area contributed by atoms with Gasteiger partial charge in [0, 0.05) is 12.0 Å². The number of pyridine rings is 1. The van der Waals surface area contributed by atoms with Crippen molar-refractivity contribution in [1.82, 2.24) is 9.97 Å². The van der Waals surface area contributed by atoms with Gasteiger partial charge in [-0.25, -0.2) is 4.79 Å². The Bertz CT molecular complexity index is 496. The standard InChI is InChI=1S/C7H3BrFN2.C2H2O3.K/c8-7-6-4(1-2-10-6)5(9)3-11-7;3-1-2(4)5;/h2-3,10H;1H,(H,4,5);/q-1;;+1. The van der Waals surface area contributed by atoms with Crippen LogP contribution in [0.3, 0.4) is 0 Å². The second-order valence-corrected chi connectivity index (χ2v) is 3.29. The molecule has 84 valence electrons. The summed E-state index contributed by atoms with van der Waals surface area (Å²) in [6.07, 6.45) is 2.55. The summed E-state index contributed by atoms with van der Waals surface area (Å²) in [5.74, 6) is -1.78. The molecule has 0 saturated heterocycles. The van der Waals surface area contributed by atoms with Gasteiger partial charge in [0.15, 0.2) is 0 Å². The molecule has 0 aliphatic heterocycles. The van der Waals surface area contributed by atoms with Gasteiger partial charge in [-0.3, -0.25) is 14.2 Å². The smallest absolute Gasteiger partial charge is 0.476 e. The van der Waals surface area contributed by atoms with E-state index in [1.54, 1.807) is 6.20 Å². The van der Waals surface area contributed by atoms with Gasteiger partial charge in [0.1, 0.15) is 0 Å². The van der Waals surface area contributed by atoms with Crippen LogP contribution in [0.15, 0.2) is 17.0 Å². The summed E-state index contributed by atoms with van der Waals surface area (Å²) in [5, 5.41) is 7.79. The fourth-order valence-electron chi connectivity index (χ4n) is 0.918. The molecule has 2 rings (SSSR count). The number of hydrogen-bond donors (Lipinski definition) is 2. The van der Waals surface area contributed by atoms with Gasteiger partial charge in [0.25, 0.3) is 0 Å². The quantitative estimate of drug-likeness (QED) is 0.220. The van der Waals surface area contributed by atoms with Crippen molar-refractivity contribution in [2.45, 2.75) is 0 Å². The molecule has 0 atom stereocenters. The van der Waals surface area contributed by atoms with Crippen LogP contribution in [-0.4, -0.2) is 27.3 Å². The Hall–Kier alpha value is -0.124. The zero-order chi connectivity index (χ0) is 12.1. The largest absolute Gasteiger partial charge is 1.00 e. The van der Waals surface area contributed by atoms with Crippen LogP contribution in [-0.2, 0) is 9.59 Å². The van der Waals surface area contributed by atoms with Crippen LogP contribution in [0.25, 0.3) is 10.9 Å². The maximum atomic E-state index is 12.9. The summed E-state index contributed by atoms with van der Waals surface area (Å²) in [4.78, 5) is 24.5. The van der Waals surface area contributed by atoms with Crippen molar-refractivity contribution in [3.8, 4) is 0 Å². The number of nitrogens with one attached hydrogen (secondary N) is 1. The third-order valence-corrected chi connectivity index (χ3v) is 2.12. The molecule has 2 heterocycles. The molecular formula is C9H5BrFKN2O3. The number of carboxylic acid groups (broad SMARTS) is 1. The van der Waals surface area contributed by atoms with Crippen LogP contribution in [0.4, 0.5) is 4.39 Å². The molecule has 2 N–H and O–H groups in total. The predicted octanol–water partition coefficient (Wildman–Crippen LogP) is -1.46. The second-order valence-electron chi connectivity index (χ2n) is 2.54. The van der Waals surface area contributed by atoms with Gasteiger partial charge in [0.2, 0.25) is 6.29 Å². The number of halogens is 2. The first kappa shape index (κ1) is 16.9. The van der Waals surface area contributed by atoms with E-state index in [-0.39, 0.29) is 63.5 Å². The van der Waals surface area contributed by atoms with Gasteiger partial charge in [-0.05, 0) is 21.4 Å². The van der Waals surface area contributed by atoms with Crippen molar-refractivity contribution in [1.29, 1.82) is 0 Å². The summed E-state index contributed by atoms with van der Waals surface area (Å²) in [5.41, 5.74) is 0.644. The number of rotatable bonds is 1. The van der Waals surface area contributed by atoms with Crippen LogP contribution < -0.4 is 51.4 Å². The molecule has 0 unspecified atom stereocenters. The number of carboxylic acids is 1. The van der Waals surface area contributed by atoms with E-state index < -0.39 is 5.97 Å². The van der Waals surface area contributed by atoms with Crippen LogP contribution in [0, 0.1) is 11.9 Å². The second kappa shape index (κ2) is 8.06. The van der Waals surface area contributed by atoms with Crippen molar-refractivity contribution < 1.29 is 70.5 Å². The van der Waals surface area contributed by atoms with Gasteiger partial charge in [-0.15, -0.1) is 5.39 Å². The minimum absolute atomic E-state index is 0. The summed E-state index contributed by atoms with van der Waals surface area (Å²) < 4.78 is 13.5. The molecule has 0 radical (unpaired) electrons. The number of carbonyl (C=O) groups excluding carboxylic acids is 1. The number of hydrogen-bond acceptors (Lipinski definition) is 3. The van der Waals surface area contributed by atoms with Gasteiger partial charge in [0.05, 0.1) is 4.60 Å². The van der Waals surface area contributed by atoms with E-state index in [0.717, 1.165) is 6.20 Å². The number of aliphatic carboxylic acids is 1. The monoisotopic (exact) mass is 326 g/mol. The first-order valence-electron chi connectivity index (χ1n) is 3.93. The number of carbonyl (C=O) groups is 2. The third-order valence-electron chi connectivity index (χ3n) is 1.52. The molecule has 0 aliphatic carbocycles. The Morgan fingerprint density at radius 3 is 2.71 bits per heavy atom. The summed E-state index contributed by atoms with van der Waals surface area (Å²) in [6, 6.07) is 2.73. The maximum absolute atomic E-state index is 12.9. The number of fused-ring (bicyclic) bond motifs is 1. The Kier molecular flexibility index (Phi) is 8.00. The molecular weight excluding hydrogens is 322 g/mol. The molecule has 2 aromatic heterocycles. The zero-order valence-electron chi connectivity index (χ0n) is 8.70. The predicted molar refractivity (Wildman–Crippen MR) is 56.3 cm³/mol. The molecule has 0 saturated carbocycles. The van der Waals surface area contributed by atoms with Gasteiger partial charge < -0.3 is 10.1 Å². The summed E-state index contributed by atoms with van der Waals surface area (Å²) >= 11 is 3.18. The third kappa shape index (κ3) is 4.94. The van der Waals surface area contributed by atoms with Crippen molar-refractivity contribution in [3.63, 3.8) is 0 Å². The Labute approximate surface area is 146 Å². The van der Waals surface area contributed by atoms with Crippen LogP contribution >= 0.6 is 15.9 Å². The van der Waals surface area contributed by atoms with E-state index in [1.165, 1.54) is 0 Å². The topological polar surface area (TPSA) is 83.0 Å². The van der Waals surface area contributed by atoms with Gasteiger partial charge in [-0.2, -0.15) is 6.07 Å². The van der Waals surface area contributed by atoms with Crippen molar-refractivity contribution in [3.05, 3.63) is 28.9 Å². The Morgan fingerprint density at radius 2 is 2.24 bits per heavy atom. The van der Waals surface area contributed by atoms with Gasteiger partial charge >= 0.3 is 57.4 Å². The van der Waals surface area contributed by atoms with E-state index in [2.05, 4.69) is 32.0 Å². The van der Waals surface area contributed by atoms with Gasteiger partial charge in [-0.1, -0.05) is 6.20 Å². The molecule has 0 fully saturated rings. The molecule has 0 bridgehead atoms. The minimum Gasteiger partial charge on any atom is -0.476 e. The fraction of sp³-hybridized carbons (Fsp3) is 0. The molecule has 2 aromatic rings. The van der Waals surface area contributed by atoms with Crippen LogP contribution in [0.2, 0.25) is 0 Å². The number of aldehydes is 1. The minimum atomic E-state index is -1.43. The first-order chi connectivity index (χ1) is 7.56. The molecule has 0 aliphatic rings. The van der Waals surface area contributed by atoms with Crippen LogP contribution in [0.1, 0.15) is 0 Å². The summed E-state index contributed by atoms with van der Waals surface area (Å²) in [7, 11) is 0. The maximum Gasteiger partial charge on any atom is 1.00 e. The molecule has 0 aromatic carbocycles. The average Bonchev–Trinajstić information content (AvgIpc) is 2.74. The van der Waals surface area contributed by atoms with E-state index in [1.807, 2.05) is 0 Å². The van der Waals surface area contributed by atoms with Crippen molar-refractivity contribution in [2.75, 3.05) is 0 Å². The SMILES string of the molecule is Fc1cnc(Br)c2[nH]c[c-]c12.O=CC(=O)O.[K+]. The molecule has 5 nitrogen and oxygen atoms in total.